The Kier molecular flexibility index (Phi) is 4.88. The van der Waals surface area contributed by atoms with Crippen LogP contribution in [0.4, 0.5) is 4.39 Å². The first-order valence-electron chi connectivity index (χ1n) is 9.42. The highest BCUT2D eigenvalue weighted by atomic mass is 19.1. The molecule has 6 nitrogen and oxygen atoms in total. The Morgan fingerprint density at radius 3 is 2.59 bits per heavy atom. The second kappa shape index (κ2) is 7.50. The molecule has 3 heterocycles. The molecule has 0 aliphatic rings. The second-order valence-corrected chi connectivity index (χ2v) is 7.20. The Balaban J connectivity index is 1.75. The number of benzene rings is 1. The van der Waals surface area contributed by atoms with Crippen LogP contribution in [0.15, 0.2) is 59.3 Å². The van der Waals surface area contributed by atoms with Crippen LogP contribution in [-0.4, -0.2) is 20.7 Å². The molecule has 29 heavy (non-hydrogen) atoms. The zero-order valence-corrected chi connectivity index (χ0v) is 16.4. The lowest BCUT2D eigenvalue weighted by Crippen LogP contribution is -2.27. The molecular formula is C22H21FN4O2. The van der Waals surface area contributed by atoms with Gasteiger partial charge in [-0.1, -0.05) is 12.1 Å². The molecule has 0 bridgehead atoms. The van der Waals surface area contributed by atoms with Crippen molar-refractivity contribution in [2.24, 2.45) is 0 Å². The number of hydrogen-bond acceptors (Lipinski definition) is 4. The number of fused-ring (bicyclic) bond motifs is 1. The number of nitrogens with one attached hydrogen (secondary N) is 1. The Morgan fingerprint density at radius 1 is 1.17 bits per heavy atom. The number of furan rings is 1. The molecule has 7 heteroatoms. The van der Waals surface area contributed by atoms with Crippen LogP contribution in [0.2, 0.25) is 0 Å². The Labute approximate surface area is 167 Å². The van der Waals surface area contributed by atoms with E-state index >= 15 is 0 Å². The average Bonchev–Trinajstić information content (AvgIpc) is 3.37. The fourth-order valence-corrected chi connectivity index (χ4v) is 3.24. The number of carbonyl (C=O) groups is 1. The van der Waals surface area contributed by atoms with Crippen LogP contribution in [0.5, 0.6) is 0 Å². The summed E-state index contributed by atoms with van der Waals surface area (Å²) in [6.45, 7) is 5.86. The number of aromatic nitrogens is 3. The van der Waals surface area contributed by atoms with E-state index in [0.717, 1.165) is 5.56 Å². The molecule has 1 amide bonds. The maximum Gasteiger partial charge on any atom is 0.252 e. The lowest BCUT2D eigenvalue weighted by molar-refractivity contribution is 0.0941. The summed E-state index contributed by atoms with van der Waals surface area (Å²) in [5.74, 6) is 0.00156. The number of rotatable bonds is 5. The number of nitrogens with zero attached hydrogens (tertiary/aromatic N) is 3. The van der Waals surface area contributed by atoms with Gasteiger partial charge in [0.25, 0.3) is 5.91 Å². The molecular weight excluding hydrogens is 371 g/mol. The van der Waals surface area contributed by atoms with Gasteiger partial charge in [0.1, 0.15) is 11.5 Å². The van der Waals surface area contributed by atoms with Crippen LogP contribution in [0.3, 0.4) is 0 Å². The molecule has 3 aromatic heterocycles. The van der Waals surface area contributed by atoms with E-state index in [2.05, 4.69) is 15.4 Å². The van der Waals surface area contributed by atoms with Gasteiger partial charge in [-0.05, 0) is 56.7 Å². The van der Waals surface area contributed by atoms with E-state index in [1.165, 1.54) is 12.1 Å². The van der Waals surface area contributed by atoms with Crippen molar-refractivity contribution in [1.29, 1.82) is 0 Å². The van der Waals surface area contributed by atoms with Gasteiger partial charge in [-0.3, -0.25) is 4.79 Å². The number of pyridine rings is 1. The smallest absolute Gasteiger partial charge is 0.252 e. The van der Waals surface area contributed by atoms with Gasteiger partial charge in [0.15, 0.2) is 11.4 Å². The van der Waals surface area contributed by atoms with Gasteiger partial charge in [0, 0.05) is 6.04 Å². The van der Waals surface area contributed by atoms with Gasteiger partial charge in [-0.25, -0.2) is 14.1 Å². The lowest BCUT2D eigenvalue weighted by Gasteiger charge is -2.15. The van der Waals surface area contributed by atoms with Crippen molar-refractivity contribution in [3.05, 3.63) is 71.9 Å². The molecule has 0 radical (unpaired) electrons. The first kappa shape index (κ1) is 18.9. The van der Waals surface area contributed by atoms with Crippen LogP contribution in [0, 0.1) is 5.82 Å². The summed E-state index contributed by atoms with van der Waals surface area (Å²) in [7, 11) is 0. The lowest BCUT2D eigenvalue weighted by atomic mass is 10.1. The van der Waals surface area contributed by atoms with Crippen molar-refractivity contribution < 1.29 is 13.6 Å². The topological polar surface area (TPSA) is 73.0 Å². The Morgan fingerprint density at radius 2 is 1.93 bits per heavy atom. The van der Waals surface area contributed by atoms with E-state index in [9.17, 15) is 9.18 Å². The number of hydrogen-bond donors (Lipinski definition) is 1. The maximum absolute atomic E-state index is 13.2. The molecule has 0 aliphatic carbocycles. The molecule has 1 atom stereocenters. The van der Waals surface area contributed by atoms with Gasteiger partial charge in [-0.15, -0.1) is 0 Å². The largest absolute Gasteiger partial charge is 0.463 e. The number of halogens is 1. The van der Waals surface area contributed by atoms with Crippen molar-refractivity contribution in [3.8, 4) is 11.5 Å². The van der Waals surface area contributed by atoms with E-state index in [1.54, 1.807) is 47.5 Å². The molecule has 1 N–H and O–H groups in total. The van der Waals surface area contributed by atoms with Crippen LogP contribution < -0.4 is 5.32 Å². The normalized spacial score (nSPS) is 12.4. The third-order valence-corrected chi connectivity index (χ3v) is 4.79. The first-order chi connectivity index (χ1) is 13.9. The molecule has 1 aromatic carbocycles. The van der Waals surface area contributed by atoms with Crippen LogP contribution in [0.25, 0.3) is 22.5 Å². The zero-order chi connectivity index (χ0) is 20.5. The predicted molar refractivity (Wildman–Crippen MR) is 108 cm³/mol. The van der Waals surface area contributed by atoms with Crippen LogP contribution >= 0.6 is 0 Å². The predicted octanol–water partition coefficient (Wildman–Crippen LogP) is 4.90. The number of carbonyl (C=O) groups excluding carboxylic acids is 1. The van der Waals surface area contributed by atoms with E-state index in [0.29, 0.717) is 28.1 Å². The molecule has 0 saturated carbocycles. The third kappa shape index (κ3) is 3.63. The summed E-state index contributed by atoms with van der Waals surface area (Å²) in [5, 5.41) is 8.05. The van der Waals surface area contributed by atoms with Gasteiger partial charge in [0.2, 0.25) is 0 Å². The van der Waals surface area contributed by atoms with Gasteiger partial charge >= 0.3 is 0 Å². The fourth-order valence-electron chi connectivity index (χ4n) is 3.24. The third-order valence-electron chi connectivity index (χ3n) is 4.79. The van der Waals surface area contributed by atoms with Crippen LogP contribution in [-0.2, 0) is 0 Å². The highest BCUT2D eigenvalue weighted by molar-refractivity contribution is 6.06. The Bertz CT molecular complexity index is 1150. The van der Waals surface area contributed by atoms with Gasteiger partial charge in [0.05, 0.1) is 29.5 Å². The number of amides is 1. The van der Waals surface area contributed by atoms with Crippen molar-refractivity contribution >= 4 is 16.9 Å². The van der Waals surface area contributed by atoms with Crippen molar-refractivity contribution in [1.82, 2.24) is 20.1 Å². The van der Waals surface area contributed by atoms with E-state index in [4.69, 9.17) is 4.42 Å². The fraction of sp³-hybridized carbons (Fsp3) is 0.227. The van der Waals surface area contributed by atoms with Crippen LogP contribution in [0.1, 0.15) is 48.8 Å². The van der Waals surface area contributed by atoms with Gasteiger partial charge in [-0.2, -0.15) is 5.10 Å². The summed E-state index contributed by atoms with van der Waals surface area (Å²) in [5.41, 5.74) is 2.45. The zero-order valence-electron chi connectivity index (χ0n) is 16.4. The summed E-state index contributed by atoms with van der Waals surface area (Å²) in [4.78, 5) is 17.8. The summed E-state index contributed by atoms with van der Waals surface area (Å²) < 4.78 is 20.4. The molecule has 0 aliphatic heterocycles. The van der Waals surface area contributed by atoms with E-state index < -0.39 is 0 Å². The first-order valence-corrected chi connectivity index (χ1v) is 9.42. The quantitative estimate of drug-likeness (QED) is 0.524. The maximum atomic E-state index is 13.2. The minimum atomic E-state index is -0.313. The molecule has 1 unspecified atom stereocenters. The molecule has 0 fully saturated rings. The molecule has 148 valence electrons. The molecule has 4 aromatic rings. The minimum absolute atomic E-state index is 0.0842. The molecule has 0 spiro atoms. The summed E-state index contributed by atoms with van der Waals surface area (Å²) >= 11 is 0. The minimum Gasteiger partial charge on any atom is -0.463 e. The van der Waals surface area contributed by atoms with Gasteiger partial charge < -0.3 is 9.73 Å². The Hall–Kier alpha value is -3.48. The van der Waals surface area contributed by atoms with E-state index in [-0.39, 0.29) is 23.8 Å². The summed E-state index contributed by atoms with van der Waals surface area (Å²) in [6, 6.07) is 11.2. The highest BCUT2D eigenvalue weighted by Gasteiger charge is 2.20. The SMILES string of the molecule is CC(NC(=O)c1cc(-c2ccco2)nc2c1cnn2C(C)C)c1ccc(F)cc1. The molecule has 0 saturated heterocycles. The highest BCUT2D eigenvalue weighted by Crippen LogP contribution is 2.27. The standard InChI is InChI=1S/C22H21FN4O2/c1-13(2)27-21-18(12-24-27)17(11-19(26-21)20-5-4-10-29-20)22(28)25-14(3)15-6-8-16(23)9-7-15/h4-14H,1-3H3,(H,25,28). The average molecular weight is 392 g/mol. The monoisotopic (exact) mass is 392 g/mol. The van der Waals surface area contributed by atoms with Crippen molar-refractivity contribution in [2.45, 2.75) is 32.9 Å². The molecule has 4 rings (SSSR count). The van der Waals surface area contributed by atoms with Crippen molar-refractivity contribution in [3.63, 3.8) is 0 Å². The summed E-state index contributed by atoms with van der Waals surface area (Å²) in [6.07, 6.45) is 3.23. The van der Waals surface area contributed by atoms with Crippen molar-refractivity contribution in [2.75, 3.05) is 0 Å². The van der Waals surface area contributed by atoms with E-state index in [1.807, 2.05) is 20.8 Å². The second-order valence-electron chi connectivity index (χ2n) is 7.20.